The third-order valence-corrected chi connectivity index (χ3v) is 6.82. The Morgan fingerprint density at radius 1 is 0.912 bits per heavy atom. The van der Waals surface area contributed by atoms with E-state index in [1.807, 2.05) is 37.3 Å². The zero-order chi connectivity index (χ0) is 23.7. The number of carbonyl (C=O) groups is 1. The van der Waals surface area contributed by atoms with Gasteiger partial charge in [-0.25, -0.2) is 8.42 Å². The Morgan fingerprint density at radius 3 is 2.41 bits per heavy atom. The topological polar surface area (TPSA) is 107 Å². The molecule has 1 unspecified atom stereocenters. The summed E-state index contributed by atoms with van der Waals surface area (Å²) in [5.41, 5.74) is 1.48. The van der Waals surface area contributed by atoms with Crippen molar-refractivity contribution in [1.29, 1.82) is 0 Å². The molecule has 2 heterocycles. The first kappa shape index (κ1) is 21.8. The number of para-hydroxylation sites is 1. The first-order chi connectivity index (χ1) is 16.4. The van der Waals surface area contributed by atoms with Gasteiger partial charge in [-0.2, -0.15) is 0 Å². The van der Waals surface area contributed by atoms with Crippen LogP contribution in [0.2, 0.25) is 0 Å². The van der Waals surface area contributed by atoms with Crippen molar-refractivity contribution in [2.75, 3.05) is 17.9 Å². The molecule has 1 aromatic heterocycles. The highest BCUT2D eigenvalue weighted by Gasteiger charge is 2.20. The summed E-state index contributed by atoms with van der Waals surface area (Å²) in [4.78, 5) is 12.7. The molecule has 1 amide bonds. The largest absolute Gasteiger partial charge is 0.486 e. The summed E-state index contributed by atoms with van der Waals surface area (Å²) in [6.45, 7) is 2.63. The van der Waals surface area contributed by atoms with Crippen molar-refractivity contribution < 1.29 is 27.1 Å². The number of furan rings is 1. The fraction of sp³-hybridized carbons (Fsp3) is 0.160. The summed E-state index contributed by atoms with van der Waals surface area (Å²) < 4.78 is 44.8. The van der Waals surface area contributed by atoms with Gasteiger partial charge in [0.2, 0.25) is 0 Å². The minimum absolute atomic E-state index is 0.0539. The maximum absolute atomic E-state index is 12.8. The van der Waals surface area contributed by atoms with Crippen LogP contribution in [0.1, 0.15) is 29.1 Å². The average Bonchev–Trinajstić information content (AvgIpc) is 3.28. The van der Waals surface area contributed by atoms with E-state index in [9.17, 15) is 13.2 Å². The number of nitrogens with one attached hydrogen (secondary N) is 2. The fourth-order valence-electron chi connectivity index (χ4n) is 3.66. The maximum Gasteiger partial charge on any atom is 0.262 e. The van der Waals surface area contributed by atoms with Crippen molar-refractivity contribution in [3.8, 4) is 11.5 Å². The number of anilines is 1. The highest BCUT2D eigenvalue weighted by Crippen LogP contribution is 2.32. The molecule has 3 aromatic carbocycles. The Labute approximate surface area is 196 Å². The highest BCUT2D eigenvalue weighted by molar-refractivity contribution is 7.92. The standard InChI is InChI=1S/C25H22N2O6S/c1-16(23-14-18-4-2-3-5-21(18)33-23)26-25(28)17-6-8-19(9-7-17)27-34(29,30)20-10-11-22-24(15-20)32-13-12-31-22/h2-11,14-16,27H,12-13H2,1H3,(H,26,28). The molecule has 0 spiro atoms. The normalized spacial score (nSPS) is 13.9. The molecule has 8 nitrogen and oxygen atoms in total. The molecule has 9 heteroatoms. The molecule has 0 bridgehead atoms. The lowest BCUT2D eigenvalue weighted by atomic mass is 10.1. The van der Waals surface area contributed by atoms with E-state index in [4.69, 9.17) is 13.9 Å². The molecule has 1 atom stereocenters. The van der Waals surface area contributed by atoms with Gasteiger partial charge in [-0.1, -0.05) is 18.2 Å². The molecule has 1 aliphatic heterocycles. The molecule has 0 aliphatic carbocycles. The number of hydrogen-bond donors (Lipinski definition) is 2. The van der Waals surface area contributed by atoms with Crippen molar-refractivity contribution in [2.24, 2.45) is 0 Å². The number of fused-ring (bicyclic) bond motifs is 2. The summed E-state index contributed by atoms with van der Waals surface area (Å²) >= 11 is 0. The molecule has 34 heavy (non-hydrogen) atoms. The highest BCUT2D eigenvalue weighted by atomic mass is 32.2. The van der Waals surface area contributed by atoms with E-state index in [1.165, 1.54) is 24.3 Å². The maximum atomic E-state index is 12.8. The second-order valence-corrected chi connectivity index (χ2v) is 9.55. The Balaban J connectivity index is 1.26. The number of sulfonamides is 1. The lowest BCUT2D eigenvalue weighted by Crippen LogP contribution is -2.26. The van der Waals surface area contributed by atoms with Crippen LogP contribution in [0.3, 0.4) is 0 Å². The Morgan fingerprint density at radius 2 is 1.65 bits per heavy atom. The van der Waals surface area contributed by atoms with E-state index in [2.05, 4.69) is 10.0 Å². The molecule has 0 saturated carbocycles. The zero-order valence-corrected chi connectivity index (χ0v) is 19.1. The minimum atomic E-state index is -3.85. The van der Waals surface area contributed by atoms with Crippen LogP contribution in [0.25, 0.3) is 11.0 Å². The molecular formula is C25H22N2O6S. The number of benzene rings is 3. The van der Waals surface area contributed by atoms with Crippen LogP contribution in [0.4, 0.5) is 5.69 Å². The van der Waals surface area contributed by atoms with E-state index < -0.39 is 10.0 Å². The Kier molecular flexibility index (Phi) is 5.62. The van der Waals surface area contributed by atoms with Crippen LogP contribution in [0.15, 0.2) is 82.1 Å². The third kappa shape index (κ3) is 4.42. The molecule has 0 fully saturated rings. The lowest BCUT2D eigenvalue weighted by molar-refractivity contribution is 0.0935. The van der Waals surface area contributed by atoms with Gasteiger partial charge in [-0.15, -0.1) is 0 Å². The summed E-state index contributed by atoms with van der Waals surface area (Å²) in [7, 11) is -3.85. The van der Waals surface area contributed by atoms with Crippen LogP contribution in [-0.4, -0.2) is 27.5 Å². The molecule has 174 valence electrons. The van der Waals surface area contributed by atoms with Gasteiger partial charge in [0, 0.05) is 22.7 Å². The van der Waals surface area contributed by atoms with E-state index in [1.54, 1.807) is 18.2 Å². The quantitative estimate of drug-likeness (QED) is 0.423. The van der Waals surface area contributed by atoms with E-state index in [0.717, 1.165) is 11.0 Å². The molecule has 2 N–H and O–H groups in total. The zero-order valence-electron chi connectivity index (χ0n) is 18.3. The predicted molar refractivity (Wildman–Crippen MR) is 127 cm³/mol. The van der Waals surface area contributed by atoms with Crippen LogP contribution in [0, 0.1) is 0 Å². The van der Waals surface area contributed by atoms with Gasteiger partial charge in [0.1, 0.15) is 24.6 Å². The minimum Gasteiger partial charge on any atom is -0.486 e. The Hall–Kier alpha value is -3.98. The monoisotopic (exact) mass is 478 g/mol. The summed E-state index contributed by atoms with van der Waals surface area (Å²) in [6.07, 6.45) is 0. The number of amides is 1. The van der Waals surface area contributed by atoms with Crippen LogP contribution in [-0.2, 0) is 10.0 Å². The third-order valence-electron chi connectivity index (χ3n) is 5.44. The van der Waals surface area contributed by atoms with Crippen molar-refractivity contribution in [3.05, 3.63) is 84.1 Å². The van der Waals surface area contributed by atoms with E-state index >= 15 is 0 Å². The van der Waals surface area contributed by atoms with E-state index in [0.29, 0.717) is 41.7 Å². The summed E-state index contributed by atoms with van der Waals surface area (Å²) in [6, 6.07) is 19.8. The second-order valence-electron chi connectivity index (χ2n) is 7.87. The van der Waals surface area contributed by atoms with Crippen LogP contribution < -0.4 is 19.5 Å². The van der Waals surface area contributed by atoms with Gasteiger partial charge in [-0.05, 0) is 55.5 Å². The molecule has 0 saturated heterocycles. The summed E-state index contributed by atoms with van der Waals surface area (Å²) in [5.74, 6) is 1.25. The van der Waals surface area contributed by atoms with Gasteiger partial charge in [-0.3, -0.25) is 9.52 Å². The molecule has 0 radical (unpaired) electrons. The van der Waals surface area contributed by atoms with Crippen molar-refractivity contribution in [1.82, 2.24) is 5.32 Å². The van der Waals surface area contributed by atoms with Crippen LogP contribution in [0.5, 0.6) is 11.5 Å². The van der Waals surface area contributed by atoms with Gasteiger partial charge >= 0.3 is 0 Å². The van der Waals surface area contributed by atoms with Crippen molar-refractivity contribution in [3.63, 3.8) is 0 Å². The van der Waals surface area contributed by atoms with Crippen LogP contribution >= 0.6 is 0 Å². The van der Waals surface area contributed by atoms with Crippen molar-refractivity contribution >= 4 is 32.6 Å². The SMILES string of the molecule is CC(NC(=O)c1ccc(NS(=O)(=O)c2ccc3c(c2)OCCO3)cc1)c1cc2ccccc2o1. The van der Waals surface area contributed by atoms with E-state index in [-0.39, 0.29) is 16.8 Å². The molecule has 4 aromatic rings. The number of rotatable bonds is 6. The molecular weight excluding hydrogens is 456 g/mol. The fourth-order valence-corrected chi connectivity index (χ4v) is 4.74. The number of ether oxygens (including phenoxy) is 2. The van der Waals surface area contributed by atoms with Gasteiger partial charge in [0.25, 0.3) is 15.9 Å². The lowest BCUT2D eigenvalue weighted by Gasteiger charge is -2.19. The predicted octanol–water partition coefficient (Wildman–Crippen LogP) is 4.50. The van der Waals surface area contributed by atoms with Gasteiger partial charge in [0.05, 0.1) is 10.9 Å². The average molecular weight is 479 g/mol. The first-order valence-electron chi connectivity index (χ1n) is 10.7. The Bertz CT molecular complexity index is 1430. The van der Waals surface area contributed by atoms with Crippen molar-refractivity contribution in [2.45, 2.75) is 17.9 Å². The molecule has 1 aliphatic rings. The molecule has 5 rings (SSSR count). The van der Waals surface area contributed by atoms with Gasteiger partial charge < -0.3 is 19.2 Å². The smallest absolute Gasteiger partial charge is 0.262 e. The van der Waals surface area contributed by atoms with Gasteiger partial charge in [0.15, 0.2) is 11.5 Å². The number of hydrogen-bond acceptors (Lipinski definition) is 6. The second kappa shape index (κ2) is 8.75. The first-order valence-corrected chi connectivity index (χ1v) is 12.2. The summed E-state index contributed by atoms with van der Waals surface area (Å²) in [5, 5.41) is 3.86. The number of carbonyl (C=O) groups excluding carboxylic acids is 1.